The minimum atomic E-state index is -1.24. The highest BCUT2D eigenvalue weighted by Gasteiger charge is 2.41. The van der Waals surface area contributed by atoms with Crippen molar-refractivity contribution in [1.29, 1.82) is 0 Å². The molecule has 1 aliphatic carbocycles. The first-order valence-corrected chi connectivity index (χ1v) is 4.21. The van der Waals surface area contributed by atoms with Crippen LogP contribution in [-0.4, -0.2) is 46.2 Å². The first-order valence-electron chi connectivity index (χ1n) is 4.21. The van der Waals surface area contributed by atoms with E-state index in [9.17, 15) is 20.1 Å². The molecule has 0 spiro atoms. The van der Waals surface area contributed by atoms with Crippen molar-refractivity contribution in [2.24, 2.45) is 5.92 Å². The first-order chi connectivity index (χ1) is 6.07. The zero-order valence-corrected chi connectivity index (χ0v) is 7.33. The maximum absolute atomic E-state index is 10.0. The lowest BCUT2D eigenvalue weighted by Gasteiger charge is -2.37. The molecule has 0 radical (unpaired) electrons. The standard InChI is InChI=1S/C8H14O5/c1-4-2-5(13-3-9)7(11)8(12)6(4)10/h3-8,10-12H,2H2,1H3/t4-,5+,6+,7-,8-/m1/s1. The summed E-state index contributed by atoms with van der Waals surface area (Å²) in [6.07, 6.45) is -3.75. The highest BCUT2D eigenvalue weighted by molar-refractivity contribution is 5.37. The third-order valence-corrected chi connectivity index (χ3v) is 2.50. The van der Waals surface area contributed by atoms with Crippen molar-refractivity contribution < 1.29 is 24.9 Å². The third kappa shape index (κ3) is 1.99. The van der Waals surface area contributed by atoms with Crippen molar-refractivity contribution in [1.82, 2.24) is 0 Å². The van der Waals surface area contributed by atoms with Crippen LogP contribution in [-0.2, 0) is 9.53 Å². The maximum Gasteiger partial charge on any atom is 0.293 e. The van der Waals surface area contributed by atoms with Crippen molar-refractivity contribution in [3.63, 3.8) is 0 Å². The van der Waals surface area contributed by atoms with Crippen LogP contribution in [0.3, 0.4) is 0 Å². The summed E-state index contributed by atoms with van der Waals surface area (Å²) in [5, 5.41) is 28.0. The molecule has 0 aromatic heterocycles. The zero-order chi connectivity index (χ0) is 10.0. The number of hydrogen-bond acceptors (Lipinski definition) is 5. The molecule has 0 aromatic carbocycles. The molecule has 1 saturated carbocycles. The Kier molecular flexibility index (Phi) is 3.24. The van der Waals surface area contributed by atoms with Gasteiger partial charge in [0.25, 0.3) is 6.47 Å². The molecule has 1 aliphatic rings. The summed E-state index contributed by atoms with van der Waals surface area (Å²) in [4.78, 5) is 10.0. The first kappa shape index (κ1) is 10.4. The van der Waals surface area contributed by atoms with Crippen molar-refractivity contribution >= 4 is 6.47 Å². The number of ether oxygens (including phenoxy) is 1. The van der Waals surface area contributed by atoms with Crippen LogP contribution in [0, 0.1) is 5.92 Å². The van der Waals surface area contributed by atoms with Crippen LogP contribution in [0.4, 0.5) is 0 Å². The van der Waals surface area contributed by atoms with E-state index in [1.807, 2.05) is 0 Å². The molecule has 76 valence electrons. The number of hydrogen-bond donors (Lipinski definition) is 3. The zero-order valence-electron chi connectivity index (χ0n) is 7.33. The quantitative estimate of drug-likeness (QED) is 0.469. The molecule has 3 N–H and O–H groups in total. The summed E-state index contributed by atoms with van der Waals surface area (Å²) in [7, 11) is 0. The van der Waals surface area contributed by atoms with Crippen molar-refractivity contribution in [2.75, 3.05) is 0 Å². The molecular weight excluding hydrogens is 176 g/mol. The Hall–Kier alpha value is -0.650. The van der Waals surface area contributed by atoms with Crippen LogP contribution in [0.25, 0.3) is 0 Å². The van der Waals surface area contributed by atoms with Gasteiger partial charge in [0.1, 0.15) is 18.3 Å². The van der Waals surface area contributed by atoms with Gasteiger partial charge in [-0.15, -0.1) is 0 Å². The second kappa shape index (κ2) is 4.04. The van der Waals surface area contributed by atoms with E-state index in [2.05, 4.69) is 4.74 Å². The SMILES string of the molecule is C[C@@H]1C[C@H](OC=O)[C@@H](O)[C@H](O)[C@H]1O. The van der Waals surface area contributed by atoms with E-state index in [0.717, 1.165) is 0 Å². The second-order valence-electron chi connectivity index (χ2n) is 3.46. The highest BCUT2D eigenvalue weighted by atomic mass is 16.5. The van der Waals surface area contributed by atoms with Crippen molar-refractivity contribution in [3.05, 3.63) is 0 Å². The Labute approximate surface area is 75.9 Å². The summed E-state index contributed by atoms with van der Waals surface area (Å²) < 4.78 is 4.58. The maximum atomic E-state index is 10.0. The molecule has 0 unspecified atom stereocenters. The predicted octanol–water partition coefficient (Wildman–Crippen LogP) is -1.35. The fraction of sp³-hybridized carbons (Fsp3) is 0.875. The molecule has 0 amide bonds. The lowest BCUT2D eigenvalue weighted by atomic mass is 9.82. The second-order valence-corrected chi connectivity index (χ2v) is 3.46. The molecule has 1 fully saturated rings. The molecule has 0 heterocycles. The van der Waals surface area contributed by atoms with Gasteiger partial charge in [0.15, 0.2) is 0 Å². The Morgan fingerprint density at radius 3 is 2.38 bits per heavy atom. The smallest absolute Gasteiger partial charge is 0.293 e. The fourth-order valence-corrected chi connectivity index (χ4v) is 1.61. The van der Waals surface area contributed by atoms with Gasteiger partial charge >= 0.3 is 0 Å². The fourth-order valence-electron chi connectivity index (χ4n) is 1.61. The summed E-state index contributed by atoms with van der Waals surface area (Å²) >= 11 is 0. The lowest BCUT2D eigenvalue weighted by molar-refractivity contribution is -0.174. The van der Waals surface area contributed by atoms with E-state index in [4.69, 9.17) is 0 Å². The number of rotatable bonds is 2. The molecule has 0 bridgehead atoms. The van der Waals surface area contributed by atoms with Crippen LogP contribution in [0.15, 0.2) is 0 Å². The summed E-state index contributed by atoms with van der Waals surface area (Å²) in [6.45, 7) is 1.96. The largest absolute Gasteiger partial charge is 0.462 e. The van der Waals surface area contributed by atoms with E-state index >= 15 is 0 Å². The minimum absolute atomic E-state index is 0.191. The van der Waals surface area contributed by atoms with E-state index in [0.29, 0.717) is 6.42 Å². The Morgan fingerprint density at radius 1 is 1.23 bits per heavy atom. The van der Waals surface area contributed by atoms with E-state index in [-0.39, 0.29) is 12.4 Å². The van der Waals surface area contributed by atoms with Gasteiger partial charge in [-0.3, -0.25) is 4.79 Å². The van der Waals surface area contributed by atoms with E-state index < -0.39 is 24.4 Å². The predicted molar refractivity (Wildman–Crippen MR) is 42.7 cm³/mol. The molecule has 0 aliphatic heterocycles. The summed E-state index contributed by atoms with van der Waals surface area (Å²) in [5.74, 6) is -0.191. The van der Waals surface area contributed by atoms with Crippen LogP contribution in [0.5, 0.6) is 0 Å². The van der Waals surface area contributed by atoms with Gasteiger partial charge in [-0.25, -0.2) is 0 Å². The topological polar surface area (TPSA) is 87.0 Å². The number of carbonyl (C=O) groups excluding carboxylic acids is 1. The third-order valence-electron chi connectivity index (χ3n) is 2.50. The minimum Gasteiger partial charge on any atom is -0.462 e. The van der Waals surface area contributed by atoms with Gasteiger partial charge in [0.05, 0.1) is 6.10 Å². The van der Waals surface area contributed by atoms with Gasteiger partial charge in [0, 0.05) is 0 Å². The normalized spacial score (nSPS) is 45.7. The van der Waals surface area contributed by atoms with Crippen LogP contribution in [0.1, 0.15) is 13.3 Å². The van der Waals surface area contributed by atoms with Gasteiger partial charge in [-0.05, 0) is 12.3 Å². The van der Waals surface area contributed by atoms with Crippen LogP contribution in [0.2, 0.25) is 0 Å². The molecule has 0 aromatic rings. The van der Waals surface area contributed by atoms with E-state index in [1.165, 1.54) is 0 Å². The average molecular weight is 190 g/mol. The van der Waals surface area contributed by atoms with Gasteiger partial charge in [-0.2, -0.15) is 0 Å². The Balaban J connectivity index is 2.64. The van der Waals surface area contributed by atoms with Crippen LogP contribution >= 0.6 is 0 Å². The molecule has 0 saturated heterocycles. The Bertz CT molecular complexity index is 183. The van der Waals surface area contributed by atoms with Gasteiger partial charge in [-0.1, -0.05) is 6.92 Å². The molecule has 1 rings (SSSR count). The average Bonchev–Trinajstić information content (AvgIpc) is 2.11. The summed E-state index contributed by atoms with van der Waals surface area (Å²) in [5.41, 5.74) is 0. The number of aliphatic hydroxyl groups excluding tert-OH is 3. The molecule has 5 atom stereocenters. The molecule has 5 heteroatoms. The molecule has 5 nitrogen and oxygen atoms in total. The summed E-state index contributed by atoms with van der Waals surface area (Å²) in [6, 6.07) is 0. The number of aliphatic hydroxyl groups is 3. The van der Waals surface area contributed by atoms with Crippen molar-refractivity contribution in [3.8, 4) is 0 Å². The lowest BCUT2D eigenvalue weighted by Crippen LogP contribution is -2.53. The molecule has 13 heavy (non-hydrogen) atoms. The van der Waals surface area contributed by atoms with Gasteiger partial charge < -0.3 is 20.1 Å². The highest BCUT2D eigenvalue weighted by Crippen LogP contribution is 2.26. The van der Waals surface area contributed by atoms with E-state index in [1.54, 1.807) is 6.92 Å². The monoisotopic (exact) mass is 190 g/mol. The molecular formula is C8H14O5. The van der Waals surface area contributed by atoms with Crippen molar-refractivity contribution in [2.45, 2.75) is 37.8 Å². The number of carbonyl (C=O) groups is 1. The van der Waals surface area contributed by atoms with Gasteiger partial charge in [0.2, 0.25) is 0 Å². The Morgan fingerprint density at radius 2 is 1.85 bits per heavy atom. The van der Waals surface area contributed by atoms with Crippen LogP contribution < -0.4 is 0 Å².